The summed E-state index contributed by atoms with van der Waals surface area (Å²) < 4.78 is 1.87. The minimum absolute atomic E-state index is 0.0309. The van der Waals surface area contributed by atoms with E-state index in [1.165, 1.54) is 0 Å². The number of nitrogens with one attached hydrogen (secondary N) is 2. The Morgan fingerprint density at radius 2 is 1.90 bits per heavy atom. The van der Waals surface area contributed by atoms with Crippen LogP contribution >= 0.6 is 0 Å². The number of carbonyl (C=O) groups is 3. The molecule has 1 saturated heterocycles. The minimum Gasteiger partial charge on any atom is -0.325 e. The second-order valence-electron chi connectivity index (χ2n) is 7.98. The molecule has 3 heterocycles. The molecule has 1 aliphatic carbocycles. The number of fused-ring (bicyclic) bond motifs is 1. The van der Waals surface area contributed by atoms with Gasteiger partial charge in [0.2, 0.25) is 5.91 Å². The van der Waals surface area contributed by atoms with Crippen molar-refractivity contribution in [1.29, 1.82) is 0 Å². The molecule has 3 aromatic rings. The summed E-state index contributed by atoms with van der Waals surface area (Å²) in [6, 6.07) is 10.9. The minimum atomic E-state index is -0.745. The van der Waals surface area contributed by atoms with Gasteiger partial charge in [0.25, 0.3) is 5.91 Å². The first-order chi connectivity index (χ1) is 15.1. The number of urea groups is 1. The number of imidazole rings is 1. The van der Waals surface area contributed by atoms with Crippen LogP contribution in [0.3, 0.4) is 0 Å². The van der Waals surface area contributed by atoms with E-state index in [0.717, 1.165) is 28.8 Å². The molecule has 9 heteroatoms. The number of hydrogen-bond donors (Lipinski definition) is 2. The number of anilines is 1. The number of hydrogen-bond acceptors (Lipinski definition) is 5. The zero-order valence-electron chi connectivity index (χ0n) is 16.9. The number of nitrogens with zero attached hydrogens (tertiary/aromatic N) is 4. The molecule has 0 radical (unpaired) electrons. The third kappa shape index (κ3) is 3.41. The van der Waals surface area contributed by atoms with Gasteiger partial charge in [-0.1, -0.05) is 25.0 Å². The summed E-state index contributed by atoms with van der Waals surface area (Å²) >= 11 is 0. The van der Waals surface area contributed by atoms with Crippen LogP contribution in [0.15, 0.2) is 48.9 Å². The fourth-order valence-electron chi connectivity index (χ4n) is 4.38. The van der Waals surface area contributed by atoms with E-state index in [9.17, 15) is 14.4 Å². The second-order valence-corrected chi connectivity index (χ2v) is 7.98. The van der Waals surface area contributed by atoms with Gasteiger partial charge >= 0.3 is 6.03 Å². The predicted octanol–water partition coefficient (Wildman–Crippen LogP) is 2.61. The van der Waals surface area contributed by atoms with Crippen molar-refractivity contribution >= 4 is 34.6 Å². The molecule has 5 rings (SSSR count). The maximum absolute atomic E-state index is 12.6. The maximum atomic E-state index is 12.6. The molecule has 2 N–H and O–H groups in total. The molecule has 1 aromatic carbocycles. The predicted molar refractivity (Wildman–Crippen MR) is 114 cm³/mol. The monoisotopic (exact) mass is 418 g/mol. The highest BCUT2D eigenvalue weighted by atomic mass is 16.2. The highest BCUT2D eigenvalue weighted by Crippen LogP contribution is 2.35. The Labute approximate surface area is 178 Å². The molecule has 1 aliphatic heterocycles. The molecule has 1 saturated carbocycles. The van der Waals surface area contributed by atoms with Gasteiger partial charge in [-0.3, -0.25) is 19.1 Å². The van der Waals surface area contributed by atoms with Gasteiger partial charge in [-0.05, 0) is 37.1 Å². The van der Waals surface area contributed by atoms with Gasteiger partial charge in [0.05, 0.1) is 22.9 Å². The first kappa shape index (κ1) is 19.2. The topological polar surface area (TPSA) is 109 Å². The van der Waals surface area contributed by atoms with Crippen molar-refractivity contribution in [3.8, 4) is 5.82 Å². The summed E-state index contributed by atoms with van der Waals surface area (Å²) in [4.78, 5) is 47.1. The fourth-order valence-corrected chi connectivity index (χ4v) is 4.38. The van der Waals surface area contributed by atoms with E-state index in [-0.39, 0.29) is 24.8 Å². The van der Waals surface area contributed by atoms with Crippen LogP contribution < -0.4 is 10.6 Å². The van der Waals surface area contributed by atoms with Crippen LogP contribution in [0.5, 0.6) is 0 Å². The first-order valence-corrected chi connectivity index (χ1v) is 10.4. The number of benzene rings is 1. The summed E-state index contributed by atoms with van der Waals surface area (Å²) in [5, 5.41) is 5.59. The van der Waals surface area contributed by atoms with Gasteiger partial charge in [-0.25, -0.2) is 14.8 Å². The van der Waals surface area contributed by atoms with E-state index < -0.39 is 11.6 Å². The van der Waals surface area contributed by atoms with Crippen LogP contribution in [-0.4, -0.2) is 49.4 Å². The van der Waals surface area contributed by atoms with Crippen molar-refractivity contribution in [2.45, 2.75) is 37.6 Å². The Hall–Kier alpha value is -3.75. The van der Waals surface area contributed by atoms with Crippen molar-refractivity contribution in [2.24, 2.45) is 0 Å². The third-order valence-corrected chi connectivity index (χ3v) is 6.00. The van der Waals surface area contributed by atoms with Crippen molar-refractivity contribution in [2.75, 3.05) is 11.9 Å². The van der Waals surface area contributed by atoms with Crippen LogP contribution in [-0.2, 0) is 9.59 Å². The van der Waals surface area contributed by atoms with Crippen molar-refractivity contribution < 1.29 is 14.4 Å². The summed E-state index contributed by atoms with van der Waals surface area (Å²) in [6.07, 6.45) is 6.51. The number of aromatic nitrogens is 3. The van der Waals surface area contributed by atoms with Crippen LogP contribution in [0.2, 0.25) is 0 Å². The van der Waals surface area contributed by atoms with Gasteiger partial charge < -0.3 is 10.6 Å². The van der Waals surface area contributed by atoms with Crippen LogP contribution in [0.25, 0.3) is 16.9 Å². The van der Waals surface area contributed by atoms with Crippen molar-refractivity contribution in [3.05, 3.63) is 48.9 Å². The van der Waals surface area contributed by atoms with Gasteiger partial charge in [-0.15, -0.1) is 0 Å². The molecule has 2 aliphatic rings. The standard InChI is InChI=1S/C22H22N6O3/c29-19(9-12-27-20(30)22(26-21(27)31)10-3-4-11-22)25-15-7-8-18(23-13-15)28-14-24-16-5-1-2-6-17(16)28/h1-2,5-8,13-14H,3-4,9-12H2,(H,25,29)(H,26,31). The number of pyridine rings is 1. The number of imide groups is 1. The van der Waals surface area contributed by atoms with E-state index in [4.69, 9.17) is 0 Å². The molecule has 2 fully saturated rings. The molecule has 0 unspecified atom stereocenters. The second kappa shape index (κ2) is 7.50. The lowest BCUT2D eigenvalue weighted by molar-refractivity contribution is -0.131. The largest absolute Gasteiger partial charge is 0.325 e. The van der Waals surface area contributed by atoms with E-state index in [2.05, 4.69) is 20.6 Å². The van der Waals surface area contributed by atoms with Gasteiger partial charge in [0.15, 0.2) is 0 Å². The lowest BCUT2D eigenvalue weighted by Crippen LogP contribution is -2.44. The fraction of sp³-hybridized carbons (Fsp3) is 0.318. The summed E-state index contributed by atoms with van der Waals surface area (Å²) in [6.45, 7) is 0.0603. The van der Waals surface area contributed by atoms with Crippen LogP contribution in [0.4, 0.5) is 10.5 Å². The zero-order valence-corrected chi connectivity index (χ0v) is 16.9. The van der Waals surface area contributed by atoms with Crippen molar-refractivity contribution in [3.63, 3.8) is 0 Å². The van der Waals surface area contributed by atoms with Gasteiger partial charge in [-0.2, -0.15) is 0 Å². The Kier molecular flexibility index (Phi) is 4.65. The number of amides is 4. The molecule has 0 bridgehead atoms. The van der Waals surface area contributed by atoms with E-state index in [1.54, 1.807) is 24.7 Å². The quantitative estimate of drug-likeness (QED) is 0.619. The average Bonchev–Trinajstić information content (AvgIpc) is 3.47. The van der Waals surface area contributed by atoms with E-state index in [0.29, 0.717) is 24.3 Å². The average molecular weight is 418 g/mol. The number of rotatable bonds is 5. The third-order valence-electron chi connectivity index (χ3n) is 6.00. The van der Waals surface area contributed by atoms with Gasteiger partial charge in [0, 0.05) is 13.0 Å². The summed E-state index contributed by atoms with van der Waals surface area (Å²) in [7, 11) is 0. The number of carbonyl (C=O) groups excluding carboxylic acids is 3. The normalized spacial score (nSPS) is 17.5. The summed E-state index contributed by atoms with van der Waals surface area (Å²) in [5.74, 6) is 0.199. The Morgan fingerprint density at radius 3 is 2.68 bits per heavy atom. The molecule has 1 spiro atoms. The molecular formula is C22H22N6O3. The molecule has 0 atom stereocenters. The maximum Gasteiger partial charge on any atom is 0.325 e. The molecule has 158 valence electrons. The van der Waals surface area contributed by atoms with Crippen LogP contribution in [0.1, 0.15) is 32.1 Å². The van der Waals surface area contributed by atoms with E-state index in [1.807, 2.05) is 28.8 Å². The Bertz CT molecular complexity index is 1160. The van der Waals surface area contributed by atoms with Crippen LogP contribution in [0, 0.1) is 0 Å². The van der Waals surface area contributed by atoms with E-state index >= 15 is 0 Å². The lowest BCUT2D eigenvalue weighted by atomic mass is 9.98. The highest BCUT2D eigenvalue weighted by molar-refractivity contribution is 6.07. The lowest BCUT2D eigenvalue weighted by Gasteiger charge is -2.19. The molecular weight excluding hydrogens is 396 g/mol. The molecule has 9 nitrogen and oxygen atoms in total. The molecule has 4 amide bonds. The van der Waals surface area contributed by atoms with Crippen molar-refractivity contribution in [1.82, 2.24) is 24.8 Å². The SMILES string of the molecule is O=C(CCN1C(=O)NC2(CCCC2)C1=O)Nc1ccc(-n2cnc3ccccc32)nc1. The molecule has 2 aromatic heterocycles. The smallest absolute Gasteiger partial charge is 0.325 e. The Balaban J connectivity index is 1.20. The Morgan fingerprint density at radius 1 is 1.10 bits per heavy atom. The van der Waals surface area contributed by atoms with Gasteiger partial charge in [0.1, 0.15) is 17.7 Å². The summed E-state index contributed by atoms with van der Waals surface area (Å²) in [5.41, 5.74) is 1.62. The zero-order chi connectivity index (χ0) is 21.4. The highest BCUT2D eigenvalue weighted by Gasteiger charge is 2.52. The number of para-hydroxylation sites is 2. The first-order valence-electron chi connectivity index (χ1n) is 10.4. The molecule has 31 heavy (non-hydrogen) atoms.